The van der Waals surface area contributed by atoms with E-state index in [0.29, 0.717) is 11.7 Å². The molecule has 0 saturated heterocycles. The van der Waals surface area contributed by atoms with Crippen molar-refractivity contribution in [1.82, 2.24) is 0 Å². The van der Waals surface area contributed by atoms with Crippen LogP contribution in [0.1, 0.15) is 82.1 Å². The van der Waals surface area contributed by atoms with Gasteiger partial charge in [-0.1, -0.05) is 69.9 Å². The summed E-state index contributed by atoms with van der Waals surface area (Å²) in [5, 5.41) is 23.4. The van der Waals surface area contributed by atoms with Gasteiger partial charge < -0.3 is 15.3 Å². The van der Waals surface area contributed by atoms with Crippen LogP contribution >= 0.6 is 0 Å². The summed E-state index contributed by atoms with van der Waals surface area (Å²) in [5.74, 6) is 1.09. The van der Waals surface area contributed by atoms with Crippen molar-refractivity contribution in [3.63, 3.8) is 0 Å². The Kier molecular flexibility index (Phi) is 9.92. The quantitative estimate of drug-likeness (QED) is 0.592. The fourth-order valence-electron chi connectivity index (χ4n) is 3.24. The number of hydrogen-bond acceptors (Lipinski definition) is 2. The maximum absolute atomic E-state index is 9.41. The molecule has 0 aromatic heterocycles. The van der Waals surface area contributed by atoms with E-state index in [2.05, 4.69) is 12.1 Å². The van der Waals surface area contributed by atoms with Gasteiger partial charge in [-0.05, 0) is 36.5 Å². The van der Waals surface area contributed by atoms with Gasteiger partial charge in [-0.2, -0.15) is 0 Å². The van der Waals surface area contributed by atoms with Crippen molar-refractivity contribution in [2.45, 2.75) is 76.5 Å². The first-order chi connectivity index (χ1) is 11.1. The lowest BCUT2D eigenvalue weighted by Crippen LogP contribution is -2.00. The van der Waals surface area contributed by atoms with E-state index in [1.165, 1.54) is 76.2 Å². The number of carbonyl (C=O) groups is 1. The maximum Gasteiger partial charge on any atom is 0.503 e. The van der Waals surface area contributed by atoms with Crippen molar-refractivity contribution < 1.29 is 20.1 Å². The van der Waals surface area contributed by atoms with E-state index < -0.39 is 6.16 Å². The Balaban J connectivity index is 0.000000593. The van der Waals surface area contributed by atoms with Gasteiger partial charge in [-0.15, -0.1) is 0 Å². The van der Waals surface area contributed by atoms with E-state index in [1.54, 1.807) is 0 Å². The summed E-state index contributed by atoms with van der Waals surface area (Å²) in [4.78, 5) is 8.56. The van der Waals surface area contributed by atoms with Crippen LogP contribution in [0.15, 0.2) is 24.3 Å². The van der Waals surface area contributed by atoms with Gasteiger partial charge in [0.1, 0.15) is 5.75 Å². The zero-order chi connectivity index (χ0) is 16.9. The molecule has 1 aromatic rings. The number of phenols is 1. The van der Waals surface area contributed by atoms with Gasteiger partial charge in [0, 0.05) is 0 Å². The Labute approximate surface area is 139 Å². The predicted octanol–water partition coefficient (Wildman–Crippen LogP) is 6.00. The molecule has 4 nitrogen and oxygen atoms in total. The first-order valence-corrected chi connectivity index (χ1v) is 8.80. The van der Waals surface area contributed by atoms with E-state index in [-0.39, 0.29) is 0 Å². The van der Waals surface area contributed by atoms with Crippen molar-refractivity contribution >= 4 is 6.16 Å². The van der Waals surface area contributed by atoms with Crippen molar-refractivity contribution in [1.29, 1.82) is 0 Å². The summed E-state index contributed by atoms with van der Waals surface area (Å²) in [7, 11) is 0. The van der Waals surface area contributed by atoms with Gasteiger partial charge in [0.2, 0.25) is 0 Å². The van der Waals surface area contributed by atoms with Crippen LogP contribution in [-0.2, 0) is 0 Å². The fraction of sp³-hybridized carbons (Fsp3) is 0.632. The van der Waals surface area contributed by atoms with E-state index >= 15 is 0 Å². The number of hydrogen-bond donors (Lipinski definition) is 3. The summed E-state index contributed by atoms with van der Waals surface area (Å²) in [6.07, 6.45) is 13.5. The second-order valence-electron chi connectivity index (χ2n) is 6.33. The molecule has 0 amide bonds. The summed E-state index contributed by atoms with van der Waals surface area (Å²) in [6, 6.07) is 7.91. The smallest absolute Gasteiger partial charge is 0.503 e. The molecule has 0 heterocycles. The van der Waals surface area contributed by atoms with Gasteiger partial charge in [0.25, 0.3) is 0 Å². The molecular weight excluding hydrogens is 292 g/mol. The Morgan fingerprint density at radius 1 is 0.739 bits per heavy atom. The van der Waals surface area contributed by atoms with E-state index in [1.807, 2.05) is 12.1 Å². The number of phenolic OH excluding ortho intramolecular Hbond substituents is 1. The molecule has 0 bridgehead atoms. The van der Waals surface area contributed by atoms with Crippen LogP contribution in [0.2, 0.25) is 0 Å². The highest BCUT2D eigenvalue weighted by atomic mass is 16.6. The second-order valence-corrected chi connectivity index (χ2v) is 6.33. The highest BCUT2D eigenvalue weighted by molar-refractivity contribution is 5.53. The Hall–Kier alpha value is -1.71. The zero-order valence-corrected chi connectivity index (χ0v) is 13.9. The largest absolute Gasteiger partial charge is 0.508 e. The average Bonchev–Trinajstić information content (AvgIpc) is 2.48. The van der Waals surface area contributed by atoms with Crippen LogP contribution < -0.4 is 0 Å². The third-order valence-electron chi connectivity index (χ3n) is 4.47. The lowest BCUT2D eigenvalue weighted by Gasteiger charge is -2.18. The Bertz CT molecular complexity index is 412. The third kappa shape index (κ3) is 9.82. The molecule has 1 fully saturated rings. The molecule has 1 saturated carbocycles. The lowest BCUT2D eigenvalue weighted by atomic mass is 9.87. The summed E-state index contributed by atoms with van der Waals surface area (Å²) in [5.41, 5.74) is 1.43. The Morgan fingerprint density at radius 3 is 1.48 bits per heavy atom. The maximum atomic E-state index is 9.41. The Morgan fingerprint density at radius 2 is 1.09 bits per heavy atom. The third-order valence-corrected chi connectivity index (χ3v) is 4.47. The minimum absolute atomic E-state index is 0.386. The second kappa shape index (κ2) is 11.8. The monoisotopic (exact) mass is 322 g/mol. The zero-order valence-electron chi connectivity index (χ0n) is 13.9. The van der Waals surface area contributed by atoms with Crippen LogP contribution in [0.4, 0.5) is 4.79 Å². The summed E-state index contributed by atoms with van der Waals surface area (Å²) >= 11 is 0. The lowest BCUT2D eigenvalue weighted by molar-refractivity contribution is 0.137. The number of carboxylic acid groups (broad SMARTS) is 2. The normalized spacial score (nSPS) is 17.9. The average molecular weight is 322 g/mol. The fourth-order valence-corrected chi connectivity index (χ4v) is 3.24. The molecule has 0 radical (unpaired) electrons. The molecule has 23 heavy (non-hydrogen) atoms. The number of aromatic hydroxyl groups is 1. The summed E-state index contributed by atoms with van der Waals surface area (Å²) < 4.78 is 0. The minimum Gasteiger partial charge on any atom is -0.508 e. The first-order valence-electron chi connectivity index (χ1n) is 8.80. The molecule has 3 N–H and O–H groups in total. The molecule has 1 aliphatic carbocycles. The van der Waals surface area contributed by atoms with Crippen LogP contribution in [0.5, 0.6) is 5.75 Å². The topological polar surface area (TPSA) is 77.8 Å². The van der Waals surface area contributed by atoms with Crippen molar-refractivity contribution in [3.05, 3.63) is 29.8 Å². The molecule has 1 aliphatic rings. The molecular formula is C19H30O4. The van der Waals surface area contributed by atoms with E-state index in [0.717, 1.165) is 0 Å². The molecule has 4 heteroatoms. The SMILES string of the molecule is O=C(O)O.Oc1ccc(C2CCCCCCCCCCC2)cc1. The molecule has 2 rings (SSSR count). The molecule has 0 aliphatic heterocycles. The molecule has 0 unspecified atom stereocenters. The standard InChI is InChI=1S/C18H28O.CH2O3/c19-18-14-12-17(13-15-18)16-10-8-6-4-2-1-3-5-7-9-11-16;2-1(3)4/h12-16,19H,1-11H2;(H2,2,3,4). The van der Waals surface area contributed by atoms with Gasteiger partial charge >= 0.3 is 6.16 Å². The molecule has 130 valence electrons. The van der Waals surface area contributed by atoms with Crippen LogP contribution in [0.25, 0.3) is 0 Å². The molecule has 1 aromatic carbocycles. The van der Waals surface area contributed by atoms with Gasteiger partial charge in [-0.3, -0.25) is 0 Å². The van der Waals surface area contributed by atoms with Gasteiger partial charge in [0.15, 0.2) is 0 Å². The number of benzene rings is 1. The number of rotatable bonds is 1. The highest BCUT2D eigenvalue weighted by Crippen LogP contribution is 2.30. The van der Waals surface area contributed by atoms with Gasteiger partial charge in [0.05, 0.1) is 0 Å². The van der Waals surface area contributed by atoms with Crippen LogP contribution in [0.3, 0.4) is 0 Å². The van der Waals surface area contributed by atoms with E-state index in [9.17, 15) is 5.11 Å². The highest BCUT2D eigenvalue weighted by Gasteiger charge is 2.11. The summed E-state index contributed by atoms with van der Waals surface area (Å²) in [6.45, 7) is 0. The van der Waals surface area contributed by atoms with Crippen molar-refractivity contribution in [3.8, 4) is 5.75 Å². The predicted molar refractivity (Wildman–Crippen MR) is 92.3 cm³/mol. The van der Waals surface area contributed by atoms with Gasteiger partial charge in [-0.25, -0.2) is 4.79 Å². The molecule has 0 spiro atoms. The minimum atomic E-state index is -1.83. The van der Waals surface area contributed by atoms with Crippen LogP contribution in [0, 0.1) is 0 Å². The molecule has 0 atom stereocenters. The van der Waals surface area contributed by atoms with Crippen molar-refractivity contribution in [2.24, 2.45) is 0 Å². The first kappa shape index (κ1) is 19.3. The van der Waals surface area contributed by atoms with E-state index in [4.69, 9.17) is 15.0 Å². The van der Waals surface area contributed by atoms with Crippen LogP contribution in [-0.4, -0.2) is 21.5 Å². The van der Waals surface area contributed by atoms with Crippen molar-refractivity contribution in [2.75, 3.05) is 0 Å².